The van der Waals surface area contributed by atoms with Gasteiger partial charge in [0, 0.05) is 11.1 Å². The van der Waals surface area contributed by atoms with Crippen molar-refractivity contribution in [2.24, 2.45) is 5.16 Å². The molecule has 9 heteroatoms. The molecule has 0 bridgehead atoms. The average Bonchev–Trinajstić information content (AvgIpc) is 3.21. The standard InChI is InChI=1S/C27H27N3O5S/c1-28-22(26(31)32)16-18-8-11-21(12-9-18)35-15-14-30-23-13-10-20(17-24(23)36-27(30)33)25(29-34-2)19-6-4-3-5-7-19/h3-13,17,22,28H,14-16H2,1-2H3,(H,31,32). The van der Waals surface area contributed by atoms with Gasteiger partial charge in [0.25, 0.3) is 0 Å². The number of hydrogen-bond acceptors (Lipinski definition) is 7. The molecule has 2 N–H and O–H groups in total. The molecule has 0 fully saturated rings. The van der Waals surface area contributed by atoms with Gasteiger partial charge in [0.2, 0.25) is 0 Å². The van der Waals surface area contributed by atoms with Crippen LogP contribution in [0.15, 0.2) is 82.7 Å². The third-order valence-corrected chi connectivity index (χ3v) is 6.71. The smallest absolute Gasteiger partial charge is 0.321 e. The van der Waals surface area contributed by atoms with E-state index < -0.39 is 12.0 Å². The molecule has 0 saturated heterocycles. The molecule has 4 aromatic rings. The summed E-state index contributed by atoms with van der Waals surface area (Å²) in [7, 11) is 3.14. The highest BCUT2D eigenvalue weighted by Crippen LogP contribution is 2.22. The van der Waals surface area contributed by atoms with E-state index in [9.17, 15) is 14.7 Å². The second kappa shape index (κ2) is 11.7. The van der Waals surface area contributed by atoms with Gasteiger partial charge in [0.05, 0.1) is 16.8 Å². The van der Waals surface area contributed by atoms with Gasteiger partial charge in [-0.3, -0.25) is 14.2 Å². The van der Waals surface area contributed by atoms with Crippen molar-refractivity contribution < 1.29 is 19.5 Å². The van der Waals surface area contributed by atoms with Gasteiger partial charge in [-0.1, -0.05) is 65.0 Å². The van der Waals surface area contributed by atoms with E-state index in [4.69, 9.17) is 9.57 Å². The number of rotatable bonds is 11. The number of oxime groups is 1. The van der Waals surface area contributed by atoms with Gasteiger partial charge in [0.1, 0.15) is 31.2 Å². The summed E-state index contributed by atoms with van der Waals surface area (Å²) in [5.41, 5.74) is 4.22. The van der Waals surface area contributed by atoms with E-state index in [1.165, 1.54) is 18.4 Å². The second-order valence-electron chi connectivity index (χ2n) is 8.07. The molecular weight excluding hydrogens is 478 g/mol. The maximum Gasteiger partial charge on any atom is 0.321 e. The highest BCUT2D eigenvalue weighted by molar-refractivity contribution is 7.16. The fraction of sp³-hybridized carbons (Fsp3) is 0.222. The van der Waals surface area contributed by atoms with Gasteiger partial charge in [-0.15, -0.1) is 0 Å². The third kappa shape index (κ3) is 5.81. The summed E-state index contributed by atoms with van der Waals surface area (Å²) in [6, 6.07) is 22.2. The normalized spacial score (nSPS) is 12.4. The molecule has 0 amide bonds. The Morgan fingerprint density at radius 3 is 2.50 bits per heavy atom. The van der Waals surface area contributed by atoms with Crippen LogP contribution < -0.4 is 14.9 Å². The minimum atomic E-state index is -0.888. The summed E-state index contributed by atoms with van der Waals surface area (Å²) in [6.07, 6.45) is 0.380. The first-order chi connectivity index (χ1) is 17.5. The Morgan fingerprint density at radius 1 is 1.08 bits per heavy atom. The topological polar surface area (TPSA) is 102 Å². The van der Waals surface area contributed by atoms with E-state index in [0.717, 1.165) is 26.9 Å². The van der Waals surface area contributed by atoms with Crippen LogP contribution in [-0.4, -0.2) is 48.2 Å². The van der Waals surface area contributed by atoms with Gasteiger partial charge in [-0.25, -0.2) is 0 Å². The van der Waals surface area contributed by atoms with Crippen LogP contribution in [0, 0.1) is 0 Å². The number of thiazole rings is 1. The van der Waals surface area contributed by atoms with E-state index in [1.807, 2.05) is 72.8 Å². The number of carbonyl (C=O) groups is 1. The van der Waals surface area contributed by atoms with Crippen LogP contribution in [0.2, 0.25) is 0 Å². The van der Waals surface area contributed by atoms with E-state index in [-0.39, 0.29) is 4.87 Å². The van der Waals surface area contributed by atoms with Crippen molar-refractivity contribution in [2.45, 2.75) is 19.0 Å². The molecule has 0 aliphatic heterocycles. The van der Waals surface area contributed by atoms with Crippen molar-refractivity contribution in [1.29, 1.82) is 0 Å². The van der Waals surface area contributed by atoms with Gasteiger partial charge in [0.15, 0.2) is 0 Å². The van der Waals surface area contributed by atoms with Crippen LogP contribution in [0.1, 0.15) is 16.7 Å². The second-order valence-corrected chi connectivity index (χ2v) is 9.06. The largest absolute Gasteiger partial charge is 0.492 e. The first-order valence-corrected chi connectivity index (χ1v) is 12.2. The number of carboxylic acid groups (broad SMARTS) is 1. The Labute approximate surface area is 212 Å². The van der Waals surface area contributed by atoms with Gasteiger partial charge >= 0.3 is 10.8 Å². The molecule has 8 nitrogen and oxygen atoms in total. The number of hydrogen-bond donors (Lipinski definition) is 2. The summed E-state index contributed by atoms with van der Waals surface area (Å²) in [5, 5.41) is 16.2. The Balaban J connectivity index is 1.45. The Bertz CT molecular complexity index is 1410. The maximum absolute atomic E-state index is 12.7. The highest BCUT2D eigenvalue weighted by atomic mass is 32.1. The number of likely N-dealkylation sites (N-methyl/N-ethyl adjacent to an activating group) is 1. The highest BCUT2D eigenvalue weighted by Gasteiger charge is 2.15. The summed E-state index contributed by atoms with van der Waals surface area (Å²) >= 11 is 1.18. The maximum atomic E-state index is 12.7. The molecule has 0 radical (unpaired) electrons. The SMILES string of the molecule is CNC(Cc1ccc(OCCn2c(=O)sc3cc(C(=NOC)c4ccccc4)ccc32)cc1)C(=O)O. The molecular formula is C27H27N3O5S. The number of aromatic nitrogens is 1. The zero-order valence-corrected chi connectivity index (χ0v) is 20.8. The predicted molar refractivity (Wildman–Crippen MR) is 141 cm³/mol. The number of benzene rings is 3. The molecule has 0 aliphatic rings. The van der Waals surface area contributed by atoms with Crippen molar-refractivity contribution in [1.82, 2.24) is 9.88 Å². The van der Waals surface area contributed by atoms with Crippen LogP contribution in [0.25, 0.3) is 10.2 Å². The number of nitrogens with zero attached hydrogens (tertiary/aromatic N) is 2. The van der Waals surface area contributed by atoms with Crippen LogP contribution in [0.3, 0.4) is 0 Å². The van der Waals surface area contributed by atoms with Gasteiger partial charge < -0.3 is 20.0 Å². The molecule has 1 heterocycles. The lowest BCUT2D eigenvalue weighted by Gasteiger charge is -2.12. The Morgan fingerprint density at radius 2 is 1.83 bits per heavy atom. The molecule has 3 aromatic carbocycles. The van der Waals surface area contributed by atoms with Crippen molar-refractivity contribution in [2.75, 3.05) is 20.8 Å². The molecule has 36 heavy (non-hydrogen) atoms. The lowest BCUT2D eigenvalue weighted by molar-refractivity contribution is -0.139. The van der Waals surface area contributed by atoms with Crippen molar-refractivity contribution in [3.05, 3.63) is 99.2 Å². The number of carboxylic acids is 1. The molecule has 0 aliphatic carbocycles. The van der Waals surface area contributed by atoms with E-state index in [2.05, 4.69) is 10.5 Å². The van der Waals surface area contributed by atoms with Crippen molar-refractivity contribution >= 4 is 33.2 Å². The fourth-order valence-electron chi connectivity index (χ4n) is 3.91. The van der Waals surface area contributed by atoms with Crippen molar-refractivity contribution in [3.63, 3.8) is 0 Å². The third-order valence-electron chi connectivity index (χ3n) is 5.76. The van der Waals surface area contributed by atoms with Gasteiger partial charge in [-0.2, -0.15) is 0 Å². The number of fused-ring (bicyclic) bond motifs is 1. The van der Waals surface area contributed by atoms with Crippen molar-refractivity contribution in [3.8, 4) is 5.75 Å². The zero-order valence-electron chi connectivity index (χ0n) is 20.0. The number of ether oxygens (including phenoxy) is 1. The monoisotopic (exact) mass is 505 g/mol. The molecule has 4 rings (SSSR count). The Hall–Kier alpha value is -3.95. The van der Waals surface area contributed by atoms with Crippen LogP contribution in [0.4, 0.5) is 0 Å². The quantitative estimate of drug-likeness (QED) is 0.238. The predicted octanol–water partition coefficient (Wildman–Crippen LogP) is 3.76. The Kier molecular flexibility index (Phi) is 8.14. The minimum absolute atomic E-state index is 0.0576. The van der Waals surface area contributed by atoms with E-state index in [0.29, 0.717) is 31.0 Å². The number of aliphatic carboxylic acids is 1. The molecule has 1 unspecified atom stereocenters. The molecule has 0 saturated carbocycles. The molecule has 0 spiro atoms. The van der Waals surface area contributed by atoms with Crippen LogP contribution in [0.5, 0.6) is 5.75 Å². The summed E-state index contributed by atoms with van der Waals surface area (Å²) in [4.78, 5) is 28.9. The van der Waals surface area contributed by atoms with E-state index >= 15 is 0 Å². The average molecular weight is 506 g/mol. The summed E-state index contributed by atoms with van der Waals surface area (Å²) in [5.74, 6) is -0.228. The summed E-state index contributed by atoms with van der Waals surface area (Å²) < 4.78 is 8.41. The number of nitrogens with one attached hydrogen (secondary N) is 1. The lowest BCUT2D eigenvalue weighted by atomic mass is 10.0. The first kappa shape index (κ1) is 25.2. The molecule has 1 atom stereocenters. The lowest BCUT2D eigenvalue weighted by Crippen LogP contribution is -2.35. The van der Waals surface area contributed by atoms with Crippen LogP contribution in [-0.2, 0) is 22.6 Å². The molecule has 1 aromatic heterocycles. The minimum Gasteiger partial charge on any atom is -0.492 e. The first-order valence-electron chi connectivity index (χ1n) is 11.4. The van der Waals surface area contributed by atoms with E-state index in [1.54, 1.807) is 11.6 Å². The fourth-order valence-corrected chi connectivity index (χ4v) is 4.87. The van der Waals surface area contributed by atoms with Crippen LogP contribution >= 0.6 is 11.3 Å². The molecule has 186 valence electrons. The zero-order chi connectivity index (χ0) is 25.5. The summed E-state index contributed by atoms with van der Waals surface area (Å²) in [6.45, 7) is 0.722. The van der Waals surface area contributed by atoms with Gasteiger partial charge in [-0.05, 0) is 43.3 Å².